The van der Waals surface area contributed by atoms with Crippen molar-refractivity contribution >= 4 is 27.5 Å². The van der Waals surface area contributed by atoms with E-state index in [9.17, 15) is 18.0 Å². The van der Waals surface area contributed by atoms with Crippen LogP contribution in [0.1, 0.15) is 44.4 Å². The minimum absolute atomic E-state index is 0.0825. The van der Waals surface area contributed by atoms with Gasteiger partial charge in [0.05, 0.1) is 11.9 Å². The zero-order chi connectivity index (χ0) is 24.8. The molecule has 0 aromatic heterocycles. The third-order valence-corrected chi connectivity index (χ3v) is 6.52. The van der Waals surface area contributed by atoms with Gasteiger partial charge in [-0.1, -0.05) is 48.9 Å². The van der Waals surface area contributed by atoms with Crippen LogP contribution in [0.5, 0.6) is 0 Å². The summed E-state index contributed by atoms with van der Waals surface area (Å²) < 4.78 is 26.2. The second-order valence-corrected chi connectivity index (χ2v) is 10.5. The molecule has 180 valence electrons. The molecule has 0 aliphatic rings. The van der Waals surface area contributed by atoms with E-state index in [1.54, 1.807) is 19.1 Å². The molecule has 1 N–H and O–H groups in total. The van der Waals surface area contributed by atoms with Gasteiger partial charge in [0.25, 0.3) is 0 Å². The van der Waals surface area contributed by atoms with Crippen LogP contribution in [-0.4, -0.2) is 50.0 Å². The van der Waals surface area contributed by atoms with Crippen LogP contribution in [0.2, 0.25) is 0 Å². The summed E-state index contributed by atoms with van der Waals surface area (Å²) >= 11 is 0. The van der Waals surface area contributed by atoms with Crippen molar-refractivity contribution in [2.24, 2.45) is 0 Å². The van der Waals surface area contributed by atoms with Gasteiger partial charge in [-0.3, -0.25) is 13.9 Å². The van der Waals surface area contributed by atoms with Gasteiger partial charge in [0.2, 0.25) is 21.8 Å². The summed E-state index contributed by atoms with van der Waals surface area (Å²) in [6.45, 7) is 9.14. The highest BCUT2D eigenvalue weighted by atomic mass is 32.2. The molecular weight excluding hydrogens is 438 g/mol. The topological polar surface area (TPSA) is 86.8 Å². The maximum absolute atomic E-state index is 13.4. The summed E-state index contributed by atoms with van der Waals surface area (Å²) in [4.78, 5) is 27.6. The zero-order valence-electron chi connectivity index (χ0n) is 20.3. The van der Waals surface area contributed by atoms with Crippen LogP contribution in [-0.2, 0) is 32.6 Å². The van der Waals surface area contributed by atoms with Gasteiger partial charge >= 0.3 is 0 Å². The number of rotatable bonds is 10. The standard InChI is InChI=1S/C25H35N3O4S/c1-7-21-12-14-23(15-13-21)28(33(6,31)32)17-24(29)27(20(5)25(30)26-18(2)3)16-22-10-8-19(4)9-11-22/h8-15,18,20H,7,16-17H2,1-6H3,(H,26,30)/t20-/m1/s1. The molecule has 0 aliphatic carbocycles. The third kappa shape index (κ3) is 7.60. The summed E-state index contributed by atoms with van der Waals surface area (Å²) in [6.07, 6.45) is 1.90. The first kappa shape index (κ1) is 26.4. The van der Waals surface area contributed by atoms with Crippen LogP contribution in [0.25, 0.3) is 0 Å². The number of aryl methyl sites for hydroxylation is 2. The number of benzene rings is 2. The monoisotopic (exact) mass is 473 g/mol. The summed E-state index contributed by atoms with van der Waals surface area (Å²) in [5.74, 6) is -0.740. The Hall–Kier alpha value is -2.87. The first-order chi connectivity index (χ1) is 15.4. The average Bonchev–Trinajstić information content (AvgIpc) is 2.75. The SMILES string of the molecule is CCc1ccc(N(CC(=O)N(Cc2ccc(C)cc2)[C@H](C)C(=O)NC(C)C)S(C)(=O)=O)cc1. The minimum Gasteiger partial charge on any atom is -0.352 e. The lowest BCUT2D eigenvalue weighted by atomic mass is 10.1. The van der Waals surface area contributed by atoms with Gasteiger partial charge in [0.15, 0.2) is 0 Å². The van der Waals surface area contributed by atoms with E-state index in [0.717, 1.165) is 33.7 Å². The Bertz CT molecular complexity index is 1050. The van der Waals surface area contributed by atoms with Crippen molar-refractivity contribution in [2.45, 2.75) is 59.7 Å². The van der Waals surface area contributed by atoms with Gasteiger partial charge < -0.3 is 10.2 Å². The quantitative estimate of drug-likeness (QED) is 0.574. The fourth-order valence-electron chi connectivity index (χ4n) is 3.39. The number of hydrogen-bond acceptors (Lipinski definition) is 4. The molecule has 2 aromatic rings. The Morgan fingerprint density at radius 2 is 1.48 bits per heavy atom. The van der Waals surface area contributed by atoms with Crippen molar-refractivity contribution in [1.29, 1.82) is 0 Å². The molecule has 2 aromatic carbocycles. The van der Waals surface area contributed by atoms with Crippen LogP contribution < -0.4 is 9.62 Å². The van der Waals surface area contributed by atoms with Crippen molar-refractivity contribution in [1.82, 2.24) is 10.2 Å². The van der Waals surface area contributed by atoms with Crippen molar-refractivity contribution in [2.75, 3.05) is 17.1 Å². The number of nitrogens with zero attached hydrogens (tertiary/aromatic N) is 2. The lowest BCUT2D eigenvalue weighted by Crippen LogP contribution is -2.52. The van der Waals surface area contributed by atoms with Gasteiger partial charge in [-0.2, -0.15) is 0 Å². The minimum atomic E-state index is -3.72. The van der Waals surface area contributed by atoms with E-state index in [2.05, 4.69) is 5.32 Å². The highest BCUT2D eigenvalue weighted by molar-refractivity contribution is 7.92. The fourth-order valence-corrected chi connectivity index (χ4v) is 4.24. The number of nitrogens with one attached hydrogen (secondary N) is 1. The first-order valence-corrected chi connectivity index (χ1v) is 13.0. The number of carbonyl (C=O) groups is 2. The molecule has 0 fully saturated rings. The molecule has 7 nitrogen and oxygen atoms in total. The van der Waals surface area contributed by atoms with Crippen LogP contribution in [0, 0.1) is 6.92 Å². The largest absolute Gasteiger partial charge is 0.352 e. The molecule has 0 saturated heterocycles. The maximum atomic E-state index is 13.4. The van der Waals surface area contributed by atoms with E-state index in [-0.39, 0.29) is 18.5 Å². The molecule has 33 heavy (non-hydrogen) atoms. The molecule has 0 spiro atoms. The molecule has 1 atom stereocenters. The Labute approximate surface area is 197 Å². The third-order valence-electron chi connectivity index (χ3n) is 5.38. The Morgan fingerprint density at radius 1 is 0.939 bits per heavy atom. The molecule has 0 unspecified atom stereocenters. The van der Waals surface area contributed by atoms with Gasteiger partial charge in [-0.05, 0) is 57.4 Å². The Kier molecular flexibility index (Phi) is 9.05. The predicted molar refractivity (Wildman–Crippen MR) is 132 cm³/mol. The van der Waals surface area contributed by atoms with Gasteiger partial charge in [0, 0.05) is 12.6 Å². The normalized spacial score (nSPS) is 12.3. The summed E-state index contributed by atoms with van der Waals surface area (Å²) in [5, 5.41) is 2.84. The molecule has 0 radical (unpaired) electrons. The van der Waals surface area contributed by atoms with E-state index in [1.165, 1.54) is 4.90 Å². The van der Waals surface area contributed by atoms with Gasteiger partial charge in [-0.25, -0.2) is 8.42 Å². The van der Waals surface area contributed by atoms with Crippen molar-refractivity contribution < 1.29 is 18.0 Å². The molecule has 0 aliphatic heterocycles. The molecule has 8 heteroatoms. The van der Waals surface area contributed by atoms with Crippen molar-refractivity contribution in [3.05, 3.63) is 65.2 Å². The second-order valence-electron chi connectivity index (χ2n) is 8.64. The second kappa shape index (κ2) is 11.3. The Balaban J connectivity index is 2.36. The summed E-state index contributed by atoms with van der Waals surface area (Å²) in [7, 11) is -3.72. The highest BCUT2D eigenvalue weighted by Gasteiger charge is 2.30. The average molecular weight is 474 g/mol. The van der Waals surface area contributed by atoms with E-state index in [1.807, 2.05) is 64.1 Å². The smallest absolute Gasteiger partial charge is 0.244 e. The van der Waals surface area contributed by atoms with Crippen LogP contribution >= 0.6 is 0 Å². The molecule has 2 amide bonds. The Morgan fingerprint density at radius 3 is 1.97 bits per heavy atom. The lowest BCUT2D eigenvalue weighted by Gasteiger charge is -2.32. The summed E-state index contributed by atoms with van der Waals surface area (Å²) in [5.41, 5.74) is 3.42. The zero-order valence-corrected chi connectivity index (χ0v) is 21.1. The molecule has 0 saturated carbocycles. The van der Waals surface area contributed by atoms with E-state index in [4.69, 9.17) is 0 Å². The molecule has 0 heterocycles. The maximum Gasteiger partial charge on any atom is 0.244 e. The molecule has 2 rings (SSSR count). The van der Waals surface area contributed by atoms with Crippen molar-refractivity contribution in [3.8, 4) is 0 Å². The fraction of sp³-hybridized carbons (Fsp3) is 0.440. The van der Waals surface area contributed by atoms with Gasteiger partial charge in [0.1, 0.15) is 12.6 Å². The van der Waals surface area contributed by atoms with E-state index < -0.39 is 28.5 Å². The number of amides is 2. The molecular formula is C25H35N3O4S. The highest BCUT2D eigenvalue weighted by Crippen LogP contribution is 2.20. The summed E-state index contributed by atoms with van der Waals surface area (Å²) in [6, 6.07) is 13.9. The van der Waals surface area contributed by atoms with E-state index in [0.29, 0.717) is 5.69 Å². The molecule has 0 bridgehead atoms. The number of carbonyl (C=O) groups excluding carboxylic acids is 2. The lowest BCUT2D eigenvalue weighted by molar-refractivity contribution is -0.139. The number of hydrogen-bond donors (Lipinski definition) is 1. The van der Waals surface area contributed by atoms with Crippen LogP contribution in [0.15, 0.2) is 48.5 Å². The van der Waals surface area contributed by atoms with Crippen molar-refractivity contribution in [3.63, 3.8) is 0 Å². The predicted octanol–water partition coefficient (Wildman–Crippen LogP) is 3.27. The van der Waals surface area contributed by atoms with E-state index >= 15 is 0 Å². The number of anilines is 1. The van der Waals surface area contributed by atoms with Crippen LogP contribution in [0.3, 0.4) is 0 Å². The number of sulfonamides is 1. The van der Waals surface area contributed by atoms with Crippen LogP contribution in [0.4, 0.5) is 5.69 Å². The van der Waals surface area contributed by atoms with Gasteiger partial charge in [-0.15, -0.1) is 0 Å². The first-order valence-electron chi connectivity index (χ1n) is 11.1.